The van der Waals surface area contributed by atoms with E-state index in [0.29, 0.717) is 18.4 Å². The molecule has 11 nitrogen and oxygen atoms in total. The second kappa shape index (κ2) is 18.9. The number of hydrogen-bond donors (Lipinski definition) is 2. The van der Waals surface area contributed by atoms with Gasteiger partial charge in [-0.25, -0.2) is 9.59 Å². The zero-order chi connectivity index (χ0) is 30.1. The van der Waals surface area contributed by atoms with Gasteiger partial charge in [-0.3, -0.25) is 9.59 Å². The van der Waals surface area contributed by atoms with Crippen molar-refractivity contribution in [2.24, 2.45) is 17.6 Å². The molecule has 1 aromatic carbocycles. The molecule has 0 saturated carbocycles. The van der Waals surface area contributed by atoms with Gasteiger partial charge in [-0.15, -0.1) is 0 Å². The monoisotopic (exact) mass is 567 g/mol. The third-order valence-electron chi connectivity index (χ3n) is 6.04. The van der Waals surface area contributed by atoms with Crippen molar-refractivity contribution in [3.63, 3.8) is 0 Å². The number of rotatable bonds is 18. The van der Waals surface area contributed by atoms with Crippen LogP contribution >= 0.6 is 0 Å². The highest BCUT2D eigenvalue weighted by molar-refractivity contribution is 5.75. The first kappa shape index (κ1) is 34.7. The normalized spacial score (nSPS) is 13.2. The fourth-order valence-corrected chi connectivity index (χ4v) is 3.91. The number of unbranched alkanes of at least 4 members (excludes halogenated alkanes) is 4. The molecule has 0 radical (unpaired) electrons. The topological polar surface area (TPSA) is 161 Å². The van der Waals surface area contributed by atoms with E-state index >= 15 is 0 Å². The van der Waals surface area contributed by atoms with Crippen LogP contribution in [0.15, 0.2) is 18.2 Å². The van der Waals surface area contributed by atoms with Gasteiger partial charge in [-0.2, -0.15) is 0 Å². The van der Waals surface area contributed by atoms with Crippen LogP contribution in [-0.4, -0.2) is 55.2 Å². The molecule has 226 valence electrons. The van der Waals surface area contributed by atoms with Crippen molar-refractivity contribution in [3.8, 4) is 11.5 Å². The predicted octanol–water partition coefficient (Wildman–Crippen LogP) is 5.82. The number of carbonyl (C=O) groups is 4. The van der Waals surface area contributed by atoms with Crippen molar-refractivity contribution in [2.75, 3.05) is 19.8 Å². The zero-order valence-electron chi connectivity index (χ0n) is 24.3. The van der Waals surface area contributed by atoms with E-state index in [1.165, 1.54) is 18.2 Å². The Morgan fingerprint density at radius 2 is 1.38 bits per heavy atom. The molecule has 0 amide bonds. The molecule has 3 N–H and O–H groups in total. The van der Waals surface area contributed by atoms with E-state index in [2.05, 4.69) is 0 Å². The Morgan fingerprint density at radius 1 is 0.825 bits per heavy atom. The summed E-state index contributed by atoms with van der Waals surface area (Å²) in [7, 11) is 0. The number of carboxylic acid groups (broad SMARTS) is 1. The molecular formula is C29H45NO10. The number of carbonyl (C=O) groups excluding carboxylic acids is 3. The maximum absolute atomic E-state index is 12.4. The molecule has 40 heavy (non-hydrogen) atoms. The van der Waals surface area contributed by atoms with Crippen LogP contribution in [0.4, 0.5) is 9.59 Å². The minimum absolute atomic E-state index is 0.0742. The lowest BCUT2D eigenvalue weighted by molar-refractivity contribution is -0.146. The van der Waals surface area contributed by atoms with Gasteiger partial charge < -0.3 is 34.5 Å². The third kappa shape index (κ3) is 13.1. The summed E-state index contributed by atoms with van der Waals surface area (Å²) in [5.74, 6) is -3.22. The lowest BCUT2D eigenvalue weighted by atomic mass is 9.82. The highest BCUT2D eigenvalue weighted by Gasteiger charge is 2.33. The summed E-state index contributed by atoms with van der Waals surface area (Å²) in [4.78, 5) is 48.6. The first-order valence-corrected chi connectivity index (χ1v) is 14.0. The van der Waals surface area contributed by atoms with E-state index in [0.717, 1.165) is 25.7 Å². The van der Waals surface area contributed by atoms with Crippen LogP contribution in [0.5, 0.6) is 11.5 Å². The maximum atomic E-state index is 12.4. The van der Waals surface area contributed by atoms with Crippen LogP contribution in [-0.2, 0) is 23.8 Å². The van der Waals surface area contributed by atoms with Crippen molar-refractivity contribution in [1.82, 2.24) is 0 Å². The summed E-state index contributed by atoms with van der Waals surface area (Å²) >= 11 is 0. The summed E-state index contributed by atoms with van der Waals surface area (Å²) in [6.45, 7) is 9.75. The Bertz CT molecular complexity index is 949. The lowest BCUT2D eigenvalue weighted by Gasteiger charge is -2.28. The Morgan fingerprint density at radius 3 is 1.88 bits per heavy atom. The number of hydrogen-bond acceptors (Lipinski definition) is 10. The molecule has 0 fully saturated rings. The number of esters is 1. The number of benzene rings is 1. The van der Waals surface area contributed by atoms with Gasteiger partial charge in [0.15, 0.2) is 11.5 Å². The molecule has 1 rings (SSSR count). The number of aliphatic carboxylic acids is 1. The van der Waals surface area contributed by atoms with Crippen LogP contribution in [0.25, 0.3) is 0 Å². The van der Waals surface area contributed by atoms with Gasteiger partial charge in [0.1, 0.15) is 6.04 Å². The molecule has 0 aromatic heterocycles. The maximum Gasteiger partial charge on any atom is 0.513 e. The van der Waals surface area contributed by atoms with E-state index in [1.54, 1.807) is 6.92 Å². The molecule has 0 aliphatic rings. The molecule has 0 aliphatic heterocycles. The smallest absolute Gasteiger partial charge is 0.480 e. The summed E-state index contributed by atoms with van der Waals surface area (Å²) < 4.78 is 26.2. The van der Waals surface area contributed by atoms with Gasteiger partial charge >= 0.3 is 24.2 Å². The van der Waals surface area contributed by atoms with Gasteiger partial charge in [0, 0.05) is 12.3 Å². The van der Waals surface area contributed by atoms with Gasteiger partial charge in [0.05, 0.1) is 19.8 Å². The van der Waals surface area contributed by atoms with Crippen LogP contribution in [0.1, 0.15) is 91.0 Å². The lowest BCUT2D eigenvalue weighted by Crippen LogP contribution is -2.40. The highest BCUT2D eigenvalue weighted by atomic mass is 16.7. The van der Waals surface area contributed by atoms with Crippen molar-refractivity contribution in [2.45, 2.75) is 91.5 Å². The fourth-order valence-electron chi connectivity index (χ4n) is 3.91. The van der Waals surface area contributed by atoms with Crippen LogP contribution in [0.3, 0.4) is 0 Å². The first-order valence-electron chi connectivity index (χ1n) is 14.0. The van der Waals surface area contributed by atoms with Crippen LogP contribution in [0, 0.1) is 11.8 Å². The van der Waals surface area contributed by atoms with Crippen molar-refractivity contribution in [1.29, 1.82) is 0 Å². The average Bonchev–Trinajstić information content (AvgIpc) is 2.89. The molecule has 0 saturated heterocycles. The van der Waals surface area contributed by atoms with Crippen LogP contribution < -0.4 is 15.2 Å². The van der Waals surface area contributed by atoms with Crippen molar-refractivity contribution in [3.05, 3.63) is 23.8 Å². The van der Waals surface area contributed by atoms with E-state index in [1.807, 2.05) is 27.7 Å². The quantitative estimate of drug-likeness (QED) is 0.0951. The molecule has 0 aliphatic carbocycles. The average molecular weight is 568 g/mol. The van der Waals surface area contributed by atoms with Gasteiger partial charge in [-0.1, -0.05) is 66.4 Å². The summed E-state index contributed by atoms with van der Waals surface area (Å²) in [5.41, 5.74) is 6.42. The summed E-state index contributed by atoms with van der Waals surface area (Å²) in [5, 5.41) is 9.68. The Hall–Kier alpha value is -3.34. The first-order chi connectivity index (χ1) is 19.0. The minimum atomic E-state index is -1.37. The second-order valence-electron chi connectivity index (χ2n) is 10.2. The molecule has 2 unspecified atom stereocenters. The minimum Gasteiger partial charge on any atom is -0.480 e. The molecule has 0 bridgehead atoms. The van der Waals surface area contributed by atoms with E-state index in [-0.39, 0.29) is 43.7 Å². The molecule has 1 aromatic rings. The third-order valence-corrected chi connectivity index (χ3v) is 6.04. The Kier molecular flexibility index (Phi) is 16.4. The number of nitrogens with two attached hydrogens (primary N) is 1. The molecule has 3 atom stereocenters. The zero-order valence-corrected chi connectivity index (χ0v) is 24.3. The molecule has 0 spiro atoms. The second-order valence-corrected chi connectivity index (χ2v) is 10.2. The Labute approximate surface area is 236 Å². The van der Waals surface area contributed by atoms with E-state index in [4.69, 9.17) is 29.4 Å². The SMILES string of the molecule is CCCCCOC(=O)Oc1ccc(C(C(C)COC(=O)CC(C)C)[C@H](N)C(=O)O)cc1OC(=O)OCCCCC. The van der Waals surface area contributed by atoms with Gasteiger partial charge in [-0.05, 0) is 42.4 Å². The Balaban J connectivity index is 3.24. The molecule has 0 heterocycles. The molecule has 11 heteroatoms. The number of carboxylic acids is 1. The fraction of sp³-hybridized carbons (Fsp3) is 0.655. The summed E-state index contributed by atoms with van der Waals surface area (Å²) in [6, 6.07) is 2.87. The highest BCUT2D eigenvalue weighted by Crippen LogP contribution is 2.36. The largest absolute Gasteiger partial charge is 0.513 e. The van der Waals surface area contributed by atoms with Gasteiger partial charge in [0.2, 0.25) is 0 Å². The predicted molar refractivity (Wildman–Crippen MR) is 147 cm³/mol. The standard InChI is InChI=1S/C29H45NO10/c1-6-8-10-14-36-28(34)39-22-13-12-21(17-23(22)40-29(35)37-15-11-9-7-2)25(26(30)27(32)33)20(5)18-38-24(31)16-19(3)4/h12-13,17,19-20,25-26H,6-11,14-16,18,30H2,1-5H3,(H,32,33)/t20?,25?,26-/m0/s1. The van der Waals surface area contributed by atoms with Gasteiger partial charge in [0.25, 0.3) is 0 Å². The van der Waals surface area contributed by atoms with Crippen molar-refractivity contribution < 1.29 is 48.0 Å². The van der Waals surface area contributed by atoms with E-state index < -0.39 is 42.1 Å². The molecular weight excluding hydrogens is 522 g/mol. The van der Waals surface area contributed by atoms with Crippen LogP contribution in [0.2, 0.25) is 0 Å². The van der Waals surface area contributed by atoms with Crippen molar-refractivity contribution >= 4 is 24.2 Å². The number of ether oxygens (including phenoxy) is 5. The van der Waals surface area contributed by atoms with E-state index in [9.17, 15) is 24.3 Å². The summed E-state index contributed by atoms with van der Waals surface area (Å²) in [6.07, 6.45) is 3.21.